The summed E-state index contributed by atoms with van der Waals surface area (Å²) < 4.78 is 4.91. The zero-order valence-corrected chi connectivity index (χ0v) is 10.0. The van der Waals surface area contributed by atoms with Crippen molar-refractivity contribution >= 4 is 22.3 Å². The Labute approximate surface area is 94.2 Å². The van der Waals surface area contributed by atoms with Crippen molar-refractivity contribution in [1.29, 1.82) is 0 Å². The molecule has 0 atom stereocenters. The molecular formula is C11H17NO2S. The number of ether oxygens (including phenoxy) is 1. The van der Waals surface area contributed by atoms with E-state index in [1.54, 1.807) is 6.92 Å². The lowest BCUT2D eigenvalue weighted by Crippen LogP contribution is -2.05. The summed E-state index contributed by atoms with van der Waals surface area (Å²) in [5, 5.41) is 0.569. The number of rotatable bonds is 5. The number of hydrogen-bond acceptors (Lipinski definition) is 4. The summed E-state index contributed by atoms with van der Waals surface area (Å²) in [6, 6.07) is 1.85. The minimum atomic E-state index is -0.311. The van der Waals surface area contributed by atoms with Crippen molar-refractivity contribution in [2.45, 2.75) is 33.1 Å². The molecule has 1 aromatic heterocycles. The third-order valence-corrected chi connectivity index (χ3v) is 3.11. The van der Waals surface area contributed by atoms with Gasteiger partial charge < -0.3 is 10.5 Å². The maximum Gasteiger partial charge on any atom is 0.341 e. The lowest BCUT2D eigenvalue weighted by atomic mass is 10.2. The largest absolute Gasteiger partial charge is 0.462 e. The molecule has 0 spiro atoms. The molecule has 2 N–H and O–H groups in total. The van der Waals surface area contributed by atoms with Gasteiger partial charge in [-0.3, -0.25) is 0 Å². The number of thiophene rings is 1. The molecule has 1 rings (SSSR count). The highest BCUT2D eigenvalue weighted by Crippen LogP contribution is 2.26. The predicted octanol–water partition coefficient (Wildman–Crippen LogP) is 2.85. The molecule has 0 fully saturated rings. The molecule has 0 aliphatic carbocycles. The smallest absolute Gasteiger partial charge is 0.341 e. The van der Waals surface area contributed by atoms with E-state index in [9.17, 15) is 4.79 Å². The van der Waals surface area contributed by atoms with Gasteiger partial charge in [-0.05, 0) is 25.8 Å². The number of nitrogens with two attached hydrogens (primary N) is 1. The summed E-state index contributed by atoms with van der Waals surface area (Å²) in [6.07, 6.45) is 3.26. The number of anilines is 1. The summed E-state index contributed by atoms with van der Waals surface area (Å²) in [5.41, 5.74) is 6.28. The number of unbranched alkanes of at least 4 members (excludes halogenated alkanes) is 1. The molecule has 4 heteroatoms. The highest BCUT2D eigenvalue weighted by Gasteiger charge is 2.14. The Bertz CT molecular complexity index is 333. The van der Waals surface area contributed by atoms with Crippen LogP contribution in [0.2, 0.25) is 0 Å². The molecule has 3 nitrogen and oxygen atoms in total. The Hall–Kier alpha value is -1.03. The molecule has 0 unspecified atom stereocenters. The van der Waals surface area contributed by atoms with Crippen molar-refractivity contribution in [3.63, 3.8) is 0 Å². The summed E-state index contributed by atoms with van der Waals surface area (Å²) in [5.74, 6) is -0.311. The third-order valence-electron chi connectivity index (χ3n) is 2.08. The zero-order valence-electron chi connectivity index (χ0n) is 9.21. The van der Waals surface area contributed by atoms with E-state index in [0.29, 0.717) is 17.2 Å². The fraction of sp³-hybridized carbons (Fsp3) is 0.545. The van der Waals surface area contributed by atoms with Crippen molar-refractivity contribution in [3.8, 4) is 0 Å². The SMILES string of the molecule is CCCCc1cc(C(=O)OCC)c(N)s1. The van der Waals surface area contributed by atoms with E-state index in [2.05, 4.69) is 6.92 Å². The van der Waals surface area contributed by atoms with Crippen LogP contribution < -0.4 is 5.73 Å². The van der Waals surface area contributed by atoms with E-state index in [4.69, 9.17) is 10.5 Å². The minimum Gasteiger partial charge on any atom is -0.462 e. The van der Waals surface area contributed by atoms with Gasteiger partial charge in [0, 0.05) is 4.88 Å². The first-order chi connectivity index (χ1) is 7.19. The van der Waals surface area contributed by atoms with Crippen molar-refractivity contribution in [3.05, 3.63) is 16.5 Å². The second-order valence-corrected chi connectivity index (χ2v) is 4.48. The van der Waals surface area contributed by atoms with E-state index in [1.165, 1.54) is 11.3 Å². The van der Waals surface area contributed by atoms with Gasteiger partial charge in [-0.15, -0.1) is 11.3 Å². The number of carbonyl (C=O) groups is 1. The van der Waals surface area contributed by atoms with Gasteiger partial charge in [-0.2, -0.15) is 0 Å². The van der Waals surface area contributed by atoms with Gasteiger partial charge in [0.25, 0.3) is 0 Å². The van der Waals surface area contributed by atoms with Gasteiger partial charge in [-0.1, -0.05) is 13.3 Å². The maximum atomic E-state index is 11.5. The number of aryl methyl sites for hydroxylation is 1. The Kier molecular flexibility index (Phi) is 4.62. The standard InChI is InChI=1S/C11H17NO2S/c1-3-5-6-8-7-9(10(12)15-8)11(13)14-4-2/h7H,3-6,12H2,1-2H3. The van der Waals surface area contributed by atoms with Gasteiger partial charge >= 0.3 is 5.97 Å². The van der Waals surface area contributed by atoms with Gasteiger partial charge in [0.1, 0.15) is 5.00 Å². The van der Waals surface area contributed by atoms with Crippen LogP contribution in [-0.2, 0) is 11.2 Å². The van der Waals surface area contributed by atoms with Crippen molar-refractivity contribution < 1.29 is 9.53 Å². The summed E-state index contributed by atoms with van der Waals surface area (Å²) in [4.78, 5) is 12.6. The van der Waals surface area contributed by atoms with E-state index in [-0.39, 0.29) is 5.97 Å². The van der Waals surface area contributed by atoms with Crippen molar-refractivity contribution in [2.75, 3.05) is 12.3 Å². The number of carbonyl (C=O) groups excluding carboxylic acids is 1. The summed E-state index contributed by atoms with van der Waals surface area (Å²) >= 11 is 1.49. The van der Waals surface area contributed by atoms with Crippen LogP contribution in [0.25, 0.3) is 0 Å². The van der Waals surface area contributed by atoms with Crippen molar-refractivity contribution in [2.24, 2.45) is 0 Å². The molecule has 0 saturated heterocycles. The second-order valence-electron chi connectivity index (χ2n) is 3.31. The summed E-state index contributed by atoms with van der Waals surface area (Å²) in [6.45, 7) is 4.32. The average molecular weight is 227 g/mol. The highest BCUT2D eigenvalue weighted by atomic mass is 32.1. The number of esters is 1. The third kappa shape index (κ3) is 3.23. The van der Waals surface area contributed by atoms with Gasteiger partial charge in [-0.25, -0.2) is 4.79 Å². The van der Waals surface area contributed by atoms with Crippen LogP contribution in [-0.4, -0.2) is 12.6 Å². The van der Waals surface area contributed by atoms with E-state index in [1.807, 2.05) is 6.07 Å². The van der Waals surface area contributed by atoms with Crippen LogP contribution in [0.3, 0.4) is 0 Å². The lowest BCUT2D eigenvalue weighted by molar-refractivity contribution is 0.0528. The van der Waals surface area contributed by atoms with Gasteiger partial charge in [0.2, 0.25) is 0 Å². The molecule has 0 radical (unpaired) electrons. The molecule has 0 aliphatic heterocycles. The van der Waals surface area contributed by atoms with E-state index < -0.39 is 0 Å². The molecule has 1 heterocycles. The Morgan fingerprint density at radius 1 is 1.53 bits per heavy atom. The second kappa shape index (κ2) is 5.75. The quantitative estimate of drug-likeness (QED) is 0.787. The van der Waals surface area contributed by atoms with Crippen LogP contribution in [0, 0.1) is 0 Å². The number of hydrogen-bond donors (Lipinski definition) is 1. The molecule has 84 valence electrons. The first-order valence-corrected chi connectivity index (χ1v) is 6.06. The first kappa shape index (κ1) is 12.0. The zero-order chi connectivity index (χ0) is 11.3. The Morgan fingerprint density at radius 3 is 2.87 bits per heavy atom. The van der Waals surface area contributed by atoms with Crippen LogP contribution in [0.5, 0.6) is 0 Å². The molecule has 0 aromatic carbocycles. The van der Waals surface area contributed by atoms with Crippen LogP contribution >= 0.6 is 11.3 Å². The number of nitrogen functional groups attached to an aromatic ring is 1. The normalized spacial score (nSPS) is 10.3. The predicted molar refractivity (Wildman–Crippen MR) is 63.3 cm³/mol. The van der Waals surface area contributed by atoms with E-state index in [0.717, 1.165) is 24.1 Å². The fourth-order valence-corrected chi connectivity index (χ4v) is 2.26. The average Bonchev–Trinajstić information content (AvgIpc) is 2.57. The van der Waals surface area contributed by atoms with E-state index >= 15 is 0 Å². The molecule has 0 amide bonds. The van der Waals surface area contributed by atoms with Crippen LogP contribution in [0.15, 0.2) is 6.07 Å². The monoisotopic (exact) mass is 227 g/mol. The molecule has 0 saturated carbocycles. The summed E-state index contributed by atoms with van der Waals surface area (Å²) in [7, 11) is 0. The van der Waals surface area contributed by atoms with Gasteiger partial charge in [0.15, 0.2) is 0 Å². The van der Waals surface area contributed by atoms with Crippen molar-refractivity contribution in [1.82, 2.24) is 0 Å². The molecule has 0 aliphatic rings. The van der Waals surface area contributed by atoms with Crippen LogP contribution in [0.4, 0.5) is 5.00 Å². The van der Waals surface area contributed by atoms with Gasteiger partial charge in [0.05, 0.1) is 12.2 Å². The maximum absolute atomic E-state index is 11.5. The molecule has 0 bridgehead atoms. The molecular weight excluding hydrogens is 210 g/mol. The molecule has 1 aromatic rings. The fourth-order valence-electron chi connectivity index (χ4n) is 1.30. The first-order valence-electron chi connectivity index (χ1n) is 5.24. The van der Waals surface area contributed by atoms with Crippen LogP contribution in [0.1, 0.15) is 41.9 Å². The molecule has 15 heavy (non-hydrogen) atoms. The Balaban J connectivity index is 2.72. The topological polar surface area (TPSA) is 52.3 Å². The highest BCUT2D eigenvalue weighted by molar-refractivity contribution is 7.16. The lowest BCUT2D eigenvalue weighted by Gasteiger charge is -1.98. The minimum absolute atomic E-state index is 0.311. The Morgan fingerprint density at radius 2 is 2.27 bits per heavy atom.